The highest BCUT2D eigenvalue weighted by Crippen LogP contribution is 2.40. The maximum absolute atomic E-state index is 6.05. The second-order valence-corrected chi connectivity index (χ2v) is 9.17. The van der Waals surface area contributed by atoms with E-state index in [-0.39, 0.29) is 12.2 Å². The fraction of sp³-hybridized carbons (Fsp3) is 0.381. The molecule has 4 rings (SSSR count). The number of hydrogen-bond acceptors (Lipinski definition) is 8. The standard InChI is InChI=1S/C21H24N6O2S/c1-5-13-8-14-15(29-12-28-14)9-16(13)30-20-26-17-18(22)24-11-25-19(17)27(20)7-6-23-10-21(2,3)4/h1,8-9,11,23H,6-7,10,12H2,2-4H3,(H2,22,24,25). The van der Waals surface area contributed by atoms with Crippen molar-refractivity contribution in [3.05, 3.63) is 24.0 Å². The second kappa shape index (κ2) is 8.05. The van der Waals surface area contributed by atoms with Crippen LogP contribution in [-0.4, -0.2) is 39.4 Å². The topological polar surface area (TPSA) is 100 Å². The van der Waals surface area contributed by atoms with E-state index < -0.39 is 0 Å². The number of nitrogens with zero attached hydrogens (tertiary/aromatic N) is 4. The molecule has 3 aromatic rings. The van der Waals surface area contributed by atoms with E-state index in [0.717, 1.165) is 23.1 Å². The van der Waals surface area contributed by atoms with E-state index in [1.807, 2.05) is 16.7 Å². The number of fused-ring (bicyclic) bond motifs is 2. The first-order valence-corrected chi connectivity index (χ1v) is 10.4. The van der Waals surface area contributed by atoms with E-state index in [2.05, 4.69) is 42.0 Å². The number of ether oxygens (including phenoxy) is 2. The Morgan fingerprint density at radius 1 is 1.27 bits per heavy atom. The minimum absolute atomic E-state index is 0.192. The summed E-state index contributed by atoms with van der Waals surface area (Å²) < 4.78 is 13.0. The van der Waals surface area contributed by atoms with E-state index >= 15 is 0 Å². The Kier molecular flexibility index (Phi) is 5.45. The summed E-state index contributed by atoms with van der Waals surface area (Å²) >= 11 is 1.45. The molecule has 0 radical (unpaired) electrons. The summed E-state index contributed by atoms with van der Waals surface area (Å²) in [6, 6.07) is 3.70. The smallest absolute Gasteiger partial charge is 0.231 e. The molecule has 0 fully saturated rings. The van der Waals surface area contributed by atoms with Gasteiger partial charge in [0.25, 0.3) is 0 Å². The largest absolute Gasteiger partial charge is 0.454 e. The quantitative estimate of drug-likeness (QED) is 0.460. The van der Waals surface area contributed by atoms with Crippen LogP contribution in [0.2, 0.25) is 0 Å². The Bertz CT molecular complexity index is 1130. The van der Waals surface area contributed by atoms with Crippen LogP contribution in [0.15, 0.2) is 28.5 Å². The van der Waals surface area contributed by atoms with Crippen molar-refractivity contribution >= 4 is 28.7 Å². The average molecular weight is 425 g/mol. The summed E-state index contributed by atoms with van der Waals surface area (Å²) in [6.45, 7) is 9.14. The van der Waals surface area contributed by atoms with Crippen LogP contribution in [0.5, 0.6) is 11.5 Å². The van der Waals surface area contributed by atoms with Crippen LogP contribution >= 0.6 is 11.8 Å². The van der Waals surface area contributed by atoms with E-state index in [0.29, 0.717) is 40.6 Å². The molecular formula is C21H24N6O2S. The molecule has 156 valence electrons. The molecule has 1 aliphatic rings. The lowest BCUT2D eigenvalue weighted by Gasteiger charge is -2.19. The number of anilines is 1. The van der Waals surface area contributed by atoms with Crippen molar-refractivity contribution in [3.8, 4) is 23.8 Å². The molecule has 0 saturated heterocycles. The third-order valence-corrected chi connectivity index (χ3v) is 5.58. The minimum atomic E-state index is 0.192. The summed E-state index contributed by atoms with van der Waals surface area (Å²) in [7, 11) is 0. The number of rotatable bonds is 6. The lowest BCUT2D eigenvalue weighted by Crippen LogP contribution is -2.29. The highest BCUT2D eigenvalue weighted by molar-refractivity contribution is 7.99. The normalized spacial score (nSPS) is 13.0. The fourth-order valence-electron chi connectivity index (χ4n) is 3.09. The first-order chi connectivity index (χ1) is 14.4. The number of nitrogens with two attached hydrogens (primary N) is 1. The molecule has 0 unspecified atom stereocenters. The van der Waals surface area contributed by atoms with Gasteiger partial charge in [-0.1, -0.05) is 38.5 Å². The third-order valence-electron chi connectivity index (χ3n) is 4.52. The number of nitrogen functional groups attached to an aromatic ring is 1. The number of terminal acetylenes is 1. The molecule has 0 saturated carbocycles. The second-order valence-electron chi connectivity index (χ2n) is 8.16. The summed E-state index contributed by atoms with van der Waals surface area (Å²) in [5, 5.41) is 4.23. The number of benzene rings is 1. The van der Waals surface area contributed by atoms with Gasteiger partial charge < -0.3 is 25.1 Å². The van der Waals surface area contributed by atoms with Gasteiger partial charge in [0.2, 0.25) is 6.79 Å². The molecule has 0 aliphatic carbocycles. The van der Waals surface area contributed by atoms with Crippen molar-refractivity contribution in [2.24, 2.45) is 5.41 Å². The van der Waals surface area contributed by atoms with Gasteiger partial charge in [0, 0.05) is 36.2 Å². The lowest BCUT2D eigenvalue weighted by molar-refractivity contribution is 0.174. The maximum Gasteiger partial charge on any atom is 0.231 e. The van der Waals surface area contributed by atoms with E-state index in [4.69, 9.17) is 26.6 Å². The van der Waals surface area contributed by atoms with Gasteiger partial charge in [0.15, 0.2) is 33.6 Å². The average Bonchev–Trinajstić information content (AvgIpc) is 3.29. The van der Waals surface area contributed by atoms with Crippen molar-refractivity contribution < 1.29 is 9.47 Å². The molecule has 3 heterocycles. The van der Waals surface area contributed by atoms with E-state index in [1.54, 1.807) is 0 Å². The first kappa shape index (κ1) is 20.3. The van der Waals surface area contributed by atoms with Gasteiger partial charge >= 0.3 is 0 Å². The zero-order valence-electron chi connectivity index (χ0n) is 17.2. The van der Waals surface area contributed by atoms with Gasteiger partial charge in [-0.15, -0.1) is 6.42 Å². The molecule has 3 N–H and O–H groups in total. The first-order valence-electron chi connectivity index (χ1n) is 9.61. The van der Waals surface area contributed by atoms with Gasteiger partial charge in [-0.2, -0.15) is 0 Å². The molecule has 0 bridgehead atoms. The molecule has 2 aromatic heterocycles. The zero-order chi connectivity index (χ0) is 21.3. The van der Waals surface area contributed by atoms with Crippen molar-refractivity contribution in [2.75, 3.05) is 25.6 Å². The van der Waals surface area contributed by atoms with Crippen LogP contribution in [0.25, 0.3) is 11.2 Å². The van der Waals surface area contributed by atoms with E-state index in [1.165, 1.54) is 18.1 Å². The molecule has 30 heavy (non-hydrogen) atoms. The number of nitrogens with one attached hydrogen (secondary N) is 1. The Hall–Kier alpha value is -2.96. The van der Waals surface area contributed by atoms with Gasteiger partial charge in [0.1, 0.15) is 6.33 Å². The Balaban J connectivity index is 1.67. The number of aromatic nitrogens is 4. The van der Waals surface area contributed by atoms with Crippen molar-refractivity contribution in [3.63, 3.8) is 0 Å². The van der Waals surface area contributed by atoms with Crippen LogP contribution in [0.1, 0.15) is 26.3 Å². The third kappa shape index (κ3) is 4.15. The predicted octanol–water partition coefficient (Wildman–Crippen LogP) is 2.91. The fourth-order valence-corrected chi connectivity index (χ4v) is 4.10. The van der Waals surface area contributed by atoms with Gasteiger partial charge in [-0.25, -0.2) is 15.0 Å². The van der Waals surface area contributed by atoms with Crippen LogP contribution in [0.3, 0.4) is 0 Å². The summed E-state index contributed by atoms with van der Waals surface area (Å²) in [4.78, 5) is 14.1. The summed E-state index contributed by atoms with van der Waals surface area (Å²) in [5.74, 6) is 4.40. The van der Waals surface area contributed by atoms with E-state index in [9.17, 15) is 0 Å². The Morgan fingerprint density at radius 2 is 2.03 bits per heavy atom. The highest BCUT2D eigenvalue weighted by atomic mass is 32.2. The molecule has 9 heteroatoms. The Morgan fingerprint density at radius 3 is 2.77 bits per heavy atom. The monoisotopic (exact) mass is 424 g/mol. The molecule has 8 nitrogen and oxygen atoms in total. The van der Waals surface area contributed by atoms with Crippen LogP contribution in [0.4, 0.5) is 5.82 Å². The van der Waals surface area contributed by atoms with Gasteiger partial charge in [-0.3, -0.25) is 0 Å². The maximum atomic E-state index is 6.05. The molecular weight excluding hydrogens is 400 g/mol. The van der Waals surface area contributed by atoms with Gasteiger partial charge in [-0.05, 0) is 11.5 Å². The van der Waals surface area contributed by atoms with Crippen molar-refractivity contribution in [1.82, 2.24) is 24.8 Å². The number of hydrogen-bond donors (Lipinski definition) is 2. The molecule has 0 amide bonds. The zero-order valence-corrected chi connectivity index (χ0v) is 18.0. The van der Waals surface area contributed by atoms with Crippen LogP contribution < -0.4 is 20.5 Å². The van der Waals surface area contributed by atoms with Gasteiger partial charge in [0.05, 0.1) is 0 Å². The lowest BCUT2D eigenvalue weighted by atomic mass is 9.97. The summed E-state index contributed by atoms with van der Waals surface area (Å²) in [6.07, 6.45) is 7.19. The molecule has 0 atom stereocenters. The minimum Gasteiger partial charge on any atom is -0.454 e. The Labute approximate surface area is 179 Å². The molecule has 1 aliphatic heterocycles. The molecule has 1 aromatic carbocycles. The molecule has 0 spiro atoms. The van der Waals surface area contributed by atoms with Crippen molar-refractivity contribution in [2.45, 2.75) is 37.4 Å². The number of imidazole rings is 1. The van der Waals surface area contributed by atoms with Crippen LogP contribution in [0, 0.1) is 17.8 Å². The summed E-state index contributed by atoms with van der Waals surface area (Å²) in [5.41, 5.74) is 8.25. The van der Waals surface area contributed by atoms with Crippen LogP contribution in [-0.2, 0) is 6.54 Å². The predicted molar refractivity (Wildman–Crippen MR) is 117 cm³/mol. The highest BCUT2D eigenvalue weighted by Gasteiger charge is 2.21. The SMILES string of the molecule is C#Cc1cc2c(cc1Sc1nc3c(N)ncnc3n1CCNCC(C)(C)C)OCO2. The van der Waals surface area contributed by atoms with Crippen molar-refractivity contribution in [1.29, 1.82) is 0 Å².